The fraction of sp³-hybridized carbons (Fsp3) is 0.375. The Morgan fingerprint density at radius 3 is 2.88 bits per heavy atom. The van der Waals surface area contributed by atoms with E-state index in [9.17, 15) is 18.7 Å². The number of carbonyl (C=O) groups excluding carboxylic acids is 1. The number of morpholine rings is 1. The fourth-order valence-corrected chi connectivity index (χ4v) is 2.47. The van der Waals surface area contributed by atoms with Gasteiger partial charge in [0.05, 0.1) is 25.9 Å². The number of carbonyl (C=O) groups is 1. The van der Waals surface area contributed by atoms with Crippen LogP contribution in [0, 0.1) is 11.6 Å². The Hall–Kier alpha value is -2.52. The van der Waals surface area contributed by atoms with Crippen LogP contribution in [0.5, 0.6) is 5.75 Å². The summed E-state index contributed by atoms with van der Waals surface area (Å²) in [5.74, 6) is -2.49. The minimum atomic E-state index is -0.838. The number of benzene rings is 1. The first-order valence-electron chi connectivity index (χ1n) is 7.62. The van der Waals surface area contributed by atoms with Gasteiger partial charge in [-0.1, -0.05) is 11.2 Å². The van der Waals surface area contributed by atoms with E-state index in [0.717, 1.165) is 12.1 Å². The third kappa shape index (κ3) is 3.77. The summed E-state index contributed by atoms with van der Waals surface area (Å²) in [4.78, 5) is 13.9. The van der Waals surface area contributed by atoms with Crippen molar-refractivity contribution in [2.45, 2.75) is 12.6 Å². The number of aliphatic hydroxyl groups is 1. The Morgan fingerprint density at radius 1 is 1.40 bits per heavy atom. The van der Waals surface area contributed by atoms with E-state index < -0.39 is 29.3 Å². The Morgan fingerprint density at radius 2 is 2.16 bits per heavy atom. The quantitative estimate of drug-likeness (QED) is 0.873. The zero-order valence-electron chi connectivity index (χ0n) is 13.2. The van der Waals surface area contributed by atoms with Crippen molar-refractivity contribution in [3.63, 3.8) is 0 Å². The zero-order valence-corrected chi connectivity index (χ0v) is 13.2. The lowest BCUT2D eigenvalue weighted by molar-refractivity contribution is -0.0188. The molecule has 0 spiro atoms. The SMILES string of the molecule is O=C(c1cc(COc2c(F)cccc2F)on1)N1CCOC[C@H]1CO. The highest BCUT2D eigenvalue weighted by Gasteiger charge is 2.29. The first-order valence-corrected chi connectivity index (χ1v) is 7.62. The van der Waals surface area contributed by atoms with Crippen molar-refractivity contribution in [1.29, 1.82) is 0 Å². The molecule has 0 unspecified atom stereocenters. The van der Waals surface area contributed by atoms with E-state index in [2.05, 4.69) is 5.16 Å². The van der Waals surface area contributed by atoms with Gasteiger partial charge in [0.2, 0.25) is 0 Å². The average Bonchev–Trinajstić information content (AvgIpc) is 3.09. The smallest absolute Gasteiger partial charge is 0.276 e. The van der Waals surface area contributed by atoms with Gasteiger partial charge in [-0.25, -0.2) is 8.78 Å². The van der Waals surface area contributed by atoms with Gasteiger partial charge in [0.15, 0.2) is 28.8 Å². The highest BCUT2D eigenvalue weighted by atomic mass is 19.1. The van der Waals surface area contributed by atoms with E-state index in [1.165, 1.54) is 17.0 Å². The summed E-state index contributed by atoms with van der Waals surface area (Å²) in [5.41, 5.74) is 0.0213. The van der Waals surface area contributed by atoms with Crippen molar-refractivity contribution in [1.82, 2.24) is 10.1 Å². The minimum Gasteiger partial charge on any atom is -0.479 e. The van der Waals surface area contributed by atoms with E-state index in [-0.39, 0.29) is 31.3 Å². The van der Waals surface area contributed by atoms with E-state index in [0.29, 0.717) is 13.2 Å². The van der Waals surface area contributed by atoms with Crippen LogP contribution in [0.15, 0.2) is 28.8 Å². The Labute approximate surface area is 141 Å². The molecule has 3 rings (SSSR count). The lowest BCUT2D eigenvalue weighted by Crippen LogP contribution is -2.50. The van der Waals surface area contributed by atoms with E-state index >= 15 is 0 Å². The van der Waals surface area contributed by atoms with Gasteiger partial charge < -0.3 is 24.0 Å². The van der Waals surface area contributed by atoms with Crippen molar-refractivity contribution >= 4 is 5.91 Å². The number of hydrogen-bond acceptors (Lipinski definition) is 6. The topological polar surface area (TPSA) is 85.0 Å². The predicted molar refractivity (Wildman–Crippen MR) is 79.9 cm³/mol. The molecule has 1 aromatic carbocycles. The lowest BCUT2D eigenvalue weighted by atomic mass is 10.2. The van der Waals surface area contributed by atoms with Crippen molar-refractivity contribution in [3.05, 3.63) is 47.4 Å². The summed E-state index contributed by atoms with van der Waals surface area (Å²) < 4.78 is 42.3. The van der Waals surface area contributed by atoms with E-state index in [4.69, 9.17) is 14.0 Å². The molecule has 1 aliphatic heterocycles. The van der Waals surface area contributed by atoms with Crippen LogP contribution < -0.4 is 4.74 Å². The molecule has 1 fully saturated rings. The lowest BCUT2D eigenvalue weighted by Gasteiger charge is -2.33. The number of aliphatic hydroxyl groups excluding tert-OH is 1. The molecule has 1 aromatic heterocycles. The first-order chi connectivity index (χ1) is 12.1. The van der Waals surface area contributed by atoms with Gasteiger partial charge in [-0.3, -0.25) is 4.79 Å². The fourth-order valence-electron chi connectivity index (χ4n) is 2.47. The third-order valence-corrected chi connectivity index (χ3v) is 3.75. The summed E-state index contributed by atoms with van der Waals surface area (Å²) in [6.07, 6.45) is 0. The molecule has 1 atom stereocenters. The summed E-state index contributed by atoms with van der Waals surface area (Å²) in [6, 6.07) is 4.25. The Kier molecular flexibility index (Phi) is 5.25. The molecule has 134 valence electrons. The molecule has 1 amide bonds. The van der Waals surface area contributed by atoms with Crippen molar-refractivity contribution in [2.75, 3.05) is 26.4 Å². The van der Waals surface area contributed by atoms with Gasteiger partial charge in [0, 0.05) is 12.6 Å². The van der Waals surface area contributed by atoms with Crippen LogP contribution >= 0.6 is 0 Å². The second kappa shape index (κ2) is 7.58. The van der Waals surface area contributed by atoms with Gasteiger partial charge in [-0.2, -0.15) is 0 Å². The first kappa shape index (κ1) is 17.3. The molecular weight excluding hydrogens is 338 g/mol. The van der Waals surface area contributed by atoms with Crippen LogP contribution in [-0.4, -0.2) is 53.5 Å². The number of amides is 1. The largest absolute Gasteiger partial charge is 0.479 e. The normalized spacial score (nSPS) is 17.6. The molecule has 0 bridgehead atoms. The number of aromatic nitrogens is 1. The molecule has 2 heterocycles. The zero-order chi connectivity index (χ0) is 17.8. The summed E-state index contributed by atoms with van der Waals surface area (Å²) in [6.45, 7) is 0.408. The standard InChI is InChI=1S/C16H16F2N2O5/c17-12-2-1-3-13(18)15(12)24-9-11-6-14(19-25-11)16(22)20-4-5-23-8-10(20)7-21/h1-3,6,10,21H,4-5,7-9H2/t10-/m1/s1. The molecule has 7 nitrogen and oxygen atoms in total. The number of ether oxygens (including phenoxy) is 2. The average molecular weight is 354 g/mol. The predicted octanol–water partition coefficient (Wildman–Crippen LogP) is 1.37. The van der Waals surface area contributed by atoms with Crippen molar-refractivity contribution in [3.8, 4) is 5.75 Å². The maximum absolute atomic E-state index is 13.5. The second-order valence-corrected chi connectivity index (χ2v) is 5.43. The number of halogens is 2. The van der Waals surface area contributed by atoms with Crippen molar-refractivity contribution < 1.29 is 32.7 Å². The molecule has 0 saturated carbocycles. The molecule has 1 saturated heterocycles. The Balaban J connectivity index is 1.67. The molecule has 1 N–H and O–H groups in total. The molecule has 2 aromatic rings. The van der Waals surface area contributed by atoms with Crippen molar-refractivity contribution in [2.24, 2.45) is 0 Å². The number of nitrogens with zero attached hydrogens (tertiary/aromatic N) is 2. The summed E-state index contributed by atoms with van der Waals surface area (Å²) >= 11 is 0. The third-order valence-electron chi connectivity index (χ3n) is 3.75. The maximum Gasteiger partial charge on any atom is 0.276 e. The molecule has 25 heavy (non-hydrogen) atoms. The monoisotopic (exact) mass is 354 g/mol. The van der Waals surface area contributed by atoms with Crippen LogP contribution in [0.3, 0.4) is 0 Å². The van der Waals surface area contributed by atoms with E-state index in [1.807, 2.05) is 0 Å². The number of para-hydroxylation sites is 1. The van der Waals surface area contributed by atoms with Crippen LogP contribution in [0.25, 0.3) is 0 Å². The van der Waals surface area contributed by atoms with E-state index in [1.54, 1.807) is 0 Å². The molecule has 0 aliphatic carbocycles. The van der Waals surface area contributed by atoms with Gasteiger partial charge in [-0.15, -0.1) is 0 Å². The van der Waals surface area contributed by atoms with Gasteiger partial charge in [-0.05, 0) is 12.1 Å². The second-order valence-electron chi connectivity index (χ2n) is 5.43. The summed E-state index contributed by atoms with van der Waals surface area (Å²) in [5, 5.41) is 13.0. The highest BCUT2D eigenvalue weighted by molar-refractivity contribution is 5.92. The molecule has 1 aliphatic rings. The highest BCUT2D eigenvalue weighted by Crippen LogP contribution is 2.22. The minimum absolute atomic E-state index is 0.0213. The maximum atomic E-state index is 13.5. The van der Waals surface area contributed by atoms with Crippen LogP contribution in [0.2, 0.25) is 0 Å². The van der Waals surface area contributed by atoms with Gasteiger partial charge in [0.25, 0.3) is 5.91 Å². The summed E-state index contributed by atoms with van der Waals surface area (Å²) in [7, 11) is 0. The number of rotatable bonds is 5. The molecule has 0 radical (unpaired) electrons. The van der Waals surface area contributed by atoms with Crippen LogP contribution in [-0.2, 0) is 11.3 Å². The van der Waals surface area contributed by atoms with Crippen LogP contribution in [0.4, 0.5) is 8.78 Å². The Bertz CT molecular complexity index is 732. The van der Waals surface area contributed by atoms with Gasteiger partial charge in [0.1, 0.15) is 6.61 Å². The molecular formula is C16H16F2N2O5. The number of hydrogen-bond donors (Lipinski definition) is 1. The molecule has 9 heteroatoms. The van der Waals surface area contributed by atoms with Crippen LogP contribution in [0.1, 0.15) is 16.2 Å². The van der Waals surface area contributed by atoms with Gasteiger partial charge >= 0.3 is 0 Å².